The molecule has 0 bridgehead atoms. The Morgan fingerprint density at radius 1 is 1.41 bits per heavy atom. The van der Waals surface area contributed by atoms with Crippen LogP contribution in [0.15, 0.2) is 30.6 Å². The second-order valence-electron chi connectivity index (χ2n) is 3.58. The maximum atomic E-state index is 10.7. The number of nitrogens with zero attached hydrogens (tertiary/aromatic N) is 3. The van der Waals surface area contributed by atoms with Crippen molar-refractivity contribution in [3.8, 4) is 11.3 Å². The lowest BCUT2D eigenvalue weighted by Crippen LogP contribution is -1.97. The maximum Gasteiger partial charge on any atom is 0.275 e. The van der Waals surface area contributed by atoms with Crippen LogP contribution in [0.25, 0.3) is 11.3 Å². The number of aryl methyl sites for hydroxylation is 1. The first kappa shape index (κ1) is 11.0. The smallest absolute Gasteiger partial charge is 0.275 e. The number of hydrogen-bond donors (Lipinski definition) is 1. The number of pyridine rings is 2. The molecule has 0 aromatic carbocycles. The van der Waals surface area contributed by atoms with Gasteiger partial charge in [-0.05, 0) is 18.6 Å². The molecule has 2 heterocycles. The van der Waals surface area contributed by atoms with Crippen LogP contribution in [-0.2, 0) is 0 Å². The molecule has 0 unspecified atom stereocenters. The van der Waals surface area contributed by atoms with Crippen molar-refractivity contribution >= 4 is 11.5 Å². The van der Waals surface area contributed by atoms with E-state index in [0.717, 1.165) is 11.1 Å². The van der Waals surface area contributed by atoms with Gasteiger partial charge in [-0.25, -0.2) is 4.98 Å². The molecule has 0 saturated carbocycles. The number of aromatic nitrogens is 2. The first-order valence-corrected chi connectivity index (χ1v) is 4.91. The van der Waals surface area contributed by atoms with E-state index in [2.05, 4.69) is 9.97 Å². The Bertz CT molecular complexity index is 583. The standard InChI is InChI=1S/C11H10N4O2/c1-7-6-13-3-2-9(7)10-4-8(15(16)17)5-11(12)14-10/h2-6H,1H3,(H2,12,14). The first-order valence-electron chi connectivity index (χ1n) is 4.91. The zero-order chi connectivity index (χ0) is 12.4. The summed E-state index contributed by atoms with van der Waals surface area (Å²) in [7, 11) is 0. The minimum absolute atomic E-state index is 0.0660. The van der Waals surface area contributed by atoms with Gasteiger partial charge in [-0.1, -0.05) is 0 Å². The lowest BCUT2D eigenvalue weighted by atomic mass is 10.1. The van der Waals surface area contributed by atoms with E-state index >= 15 is 0 Å². The van der Waals surface area contributed by atoms with Crippen molar-refractivity contribution in [1.29, 1.82) is 0 Å². The van der Waals surface area contributed by atoms with E-state index < -0.39 is 4.92 Å². The molecular weight excluding hydrogens is 220 g/mol. The van der Waals surface area contributed by atoms with Gasteiger partial charge < -0.3 is 5.73 Å². The van der Waals surface area contributed by atoms with Gasteiger partial charge in [0.2, 0.25) is 0 Å². The molecule has 17 heavy (non-hydrogen) atoms. The summed E-state index contributed by atoms with van der Waals surface area (Å²) in [5.74, 6) is 0.130. The van der Waals surface area contributed by atoms with Gasteiger partial charge in [0.15, 0.2) is 0 Å². The predicted molar refractivity (Wildman–Crippen MR) is 63.3 cm³/mol. The van der Waals surface area contributed by atoms with Gasteiger partial charge in [0.05, 0.1) is 16.7 Å². The molecule has 6 nitrogen and oxygen atoms in total. The molecule has 0 aliphatic heterocycles. The third-order valence-corrected chi connectivity index (χ3v) is 2.34. The second kappa shape index (κ2) is 4.17. The molecule has 0 fully saturated rings. The van der Waals surface area contributed by atoms with Crippen molar-refractivity contribution in [2.45, 2.75) is 6.92 Å². The molecule has 2 aromatic rings. The highest BCUT2D eigenvalue weighted by Gasteiger charge is 2.12. The third kappa shape index (κ3) is 2.20. The topological polar surface area (TPSA) is 94.9 Å². The highest BCUT2D eigenvalue weighted by Crippen LogP contribution is 2.25. The van der Waals surface area contributed by atoms with E-state index in [9.17, 15) is 10.1 Å². The lowest BCUT2D eigenvalue weighted by molar-refractivity contribution is -0.384. The molecule has 0 aliphatic carbocycles. The number of anilines is 1. The summed E-state index contributed by atoms with van der Waals surface area (Å²) in [6, 6.07) is 4.39. The van der Waals surface area contributed by atoms with Crippen LogP contribution in [0.5, 0.6) is 0 Å². The highest BCUT2D eigenvalue weighted by atomic mass is 16.6. The monoisotopic (exact) mass is 230 g/mol. The largest absolute Gasteiger partial charge is 0.383 e. The summed E-state index contributed by atoms with van der Waals surface area (Å²) >= 11 is 0. The molecule has 6 heteroatoms. The summed E-state index contributed by atoms with van der Waals surface area (Å²) in [6.45, 7) is 1.86. The summed E-state index contributed by atoms with van der Waals surface area (Å²) in [6.07, 6.45) is 3.28. The fraction of sp³-hybridized carbons (Fsp3) is 0.0909. The molecule has 2 aromatic heterocycles. The minimum atomic E-state index is -0.488. The molecule has 0 amide bonds. The number of rotatable bonds is 2. The Labute approximate surface area is 97.3 Å². The molecule has 86 valence electrons. The zero-order valence-corrected chi connectivity index (χ0v) is 9.12. The number of nitrogen functional groups attached to an aromatic ring is 1. The van der Waals surface area contributed by atoms with Crippen molar-refractivity contribution in [3.63, 3.8) is 0 Å². The van der Waals surface area contributed by atoms with Crippen LogP contribution >= 0.6 is 0 Å². The van der Waals surface area contributed by atoms with E-state index in [-0.39, 0.29) is 11.5 Å². The van der Waals surface area contributed by atoms with Crippen molar-refractivity contribution in [1.82, 2.24) is 9.97 Å². The van der Waals surface area contributed by atoms with Gasteiger partial charge in [0.25, 0.3) is 5.69 Å². The fourth-order valence-corrected chi connectivity index (χ4v) is 1.54. The normalized spacial score (nSPS) is 10.2. The average Bonchev–Trinajstić information content (AvgIpc) is 2.28. The second-order valence-corrected chi connectivity index (χ2v) is 3.58. The van der Waals surface area contributed by atoms with Crippen molar-refractivity contribution in [2.24, 2.45) is 0 Å². The Hall–Kier alpha value is -2.50. The zero-order valence-electron chi connectivity index (χ0n) is 9.12. The SMILES string of the molecule is Cc1cnccc1-c1cc([N+](=O)[O-])cc(N)n1. The number of hydrogen-bond acceptors (Lipinski definition) is 5. The number of nitrogens with two attached hydrogens (primary N) is 1. The molecule has 0 spiro atoms. The van der Waals surface area contributed by atoms with Crippen LogP contribution in [0.1, 0.15) is 5.56 Å². The maximum absolute atomic E-state index is 10.7. The van der Waals surface area contributed by atoms with E-state index in [4.69, 9.17) is 5.73 Å². The first-order chi connectivity index (χ1) is 8.08. The van der Waals surface area contributed by atoms with Crippen LogP contribution in [-0.4, -0.2) is 14.9 Å². The van der Waals surface area contributed by atoms with Gasteiger partial charge in [0.1, 0.15) is 5.82 Å². The quantitative estimate of drug-likeness (QED) is 0.628. The number of nitro groups is 1. The van der Waals surface area contributed by atoms with E-state index in [1.54, 1.807) is 18.5 Å². The molecular formula is C11H10N4O2. The van der Waals surface area contributed by atoms with E-state index in [1.807, 2.05) is 6.92 Å². The molecule has 2 rings (SSSR count). The average molecular weight is 230 g/mol. The summed E-state index contributed by atoms with van der Waals surface area (Å²) in [4.78, 5) is 18.3. The van der Waals surface area contributed by atoms with Crippen LogP contribution in [0.3, 0.4) is 0 Å². The Morgan fingerprint density at radius 2 is 2.18 bits per heavy atom. The Kier molecular flexibility index (Phi) is 2.70. The van der Waals surface area contributed by atoms with Crippen molar-refractivity contribution < 1.29 is 4.92 Å². The van der Waals surface area contributed by atoms with Crippen LogP contribution in [0, 0.1) is 17.0 Å². The van der Waals surface area contributed by atoms with Gasteiger partial charge in [0, 0.05) is 24.0 Å². The Morgan fingerprint density at radius 3 is 2.82 bits per heavy atom. The fourth-order valence-electron chi connectivity index (χ4n) is 1.54. The molecule has 2 N–H and O–H groups in total. The molecule has 0 saturated heterocycles. The predicted octanol–water partition coefficient (Wildman–Crippen LogP) is 1.94. The van der Waals surface area contributed by atoms with Crippen LogP contribution < -0.4 is 5.73 Å². The van der Waals surface area contributed by atoms with Crippen molar-refractivity contribution in [3.05, 3.63) is 46.3 Å². The van der Waals surface area contributed by atoms with Gasteiger partial charge in [-0.3, -0.25) is 15.1 Å². The molecule has 0 aliphatic rings. The summed E-state index contributed by atoms with van der Waals surface area (Å²) in [5, 5.41) is 10.7. The summed E-state index contributed by atoms with van der Waals surface area (Å²) in [5.41, 5.74) is 7.65. The molecule has 0 atom stereocenters. The Balaban J connectivity index is 2.60. The van der Waals surface area contributed by atoms with E-state index in [1.165, 1.54) is 12.1 Å². The summed E-state index contributed by atoms with van der Waals surface area (Å²) < 4.78 is 0. The minimum Gasteiger partial charge on any atom is -0.383 e. The lowest BCUT2D eigenvalue weighted by Gasteiger charge is -2.05. The van der Waals surface area contributed by atoms with Gasteiger partial charge in [-0.2, -0.15) is 0 Å². The van der Waals surface area contributed by atoms with Gasteiger partial charge >= 0.3 is 0 Å². The molecule has 0 radical (unpaired) electrons. The van der Waals surface area contributed by atoms with E-state index in [0.29, 0.717) is 5.69 Å². The van der Waals surface area contributed by atoms with Gasteiger partial charge in [-0.15, -0.1) is 0 Å². The van der Waals surface area contributed by atoms with Crippen molar-refractivity contribution in [2.75, 3.05) is 5.73 Å². The highest BCUT2D eigenvalue weighted by molar-refractivity contribution is 5.67. The van der Waals surface area contributed by atoms with Crippen LogP contribution in [0.4, 0.5) is 11.5 Å². The van der Waals surface area contributed by atoms with Crippen LogP contribution in [0.2, 0.25) is 0 Å². The third-order valence-electron chi connectivity index (χ3n) is 2.34.